The number of aryl methyl sites for hydroxylation is 1. The van der Waals surface area contributed by atoms with Crippen LogP contribution in [0.3, 0.4) is 0 Å². The zero-order valence-corrected chi connectivity index (χ0v) is 18.4. The van der Waals surface area contributed by atoms with Crippen LogP contribution in [0.4, 0.5) is 11.4 Å². The zero-order chi connectivity index (χ0) is 22.6. The van der Waals surface area contributed by atoms with E-state index in [-0.39, 0.29) is 24.8 Å². The van der Waals surface area contributed by atoms with E-state index < -0.39 is 11.6 Å². The number of hydrogen-bond acceptors (Lipinski definition) is 5. The molecule has 1 heterocycles. The number of hydrogen-bond donors (Lipinski definition) is 1. The first-order chi connectivity index (χ1) is 14.7. The Labute approximate surface area is 182 Å². The molecule has 1 aliphatic heterocycles. The highest BCUT2D eigenvalue weighted by atomic mass is 16.5. The second kappa shape index (κ2) is 9.20. The van der Waals surface area contributed by atoms with Gasteiger partial charge in [0.2, 0.25) is 5.91 Å². The fourth-order valence-electron chi connectivity index (χ4n) is 3.34. The summed E-state index contributed by atoms with van der Waals surface area (Å²) in [7, 11) is 0. The fraction of sp³-hybridized carbons (Fsp3) is 0.375. The molecule has 0 spiro atoms. The van der Waals surface area contributed by atoms with Gasteiger partial charge >= 0.3 is 5.97 Å². The van der Waals surface area contributed by atoms with Gasteiger partial charge in [0, 0.05) is 18.7 Å². The molecule has 0 aromatic heterocycles. The Hall–Kier alpha value is -3.35. The molecular formula is C24H28N2O5. The lowest BCUT2D eigenvalue weighted by Gasteiger charge is -2.38. The van der Waals surface area contributed by atoms with Crippen molar-refractivity contribution in [2.24, 2.45) is 0 Å². The number of amides is 2. The van der Waals surface area contributed by atoms with E-state index >= 15 is 0 Å². The molecule has 0 aliphatic carbocycles. The van der Waals surface area contributed by atoms with Gasteiger partial charge in [-0.15, -0.1) is 0 Å². The smallest absolute Gasteiger partial charge is 0.338 e. The van der Waals surface area contributed by atoms with Crippen LogP contribution in [0.5, 0.6) is 5.75 Å². The molecule has 3 rings (SSSR count). The number of ether oxygens (including phenoxy) is 2. The van der Waals surface area contributed by atoms with Crippen molar-refractivity contribution in [1.29, 1.82) is 0 Å². The number of anilines is 2. The van der Waals surface area contributed by atoms with Gasteiger partial charge in [0.25, 0.3) is 5.91 Å². The highest BCUT2D eigenvalue weighted by Gasteiger charge is 2.40. The van der Waals surface area contributed by atoms with Crippen molar-refractivity contribution in [2.45, 2.75) is 46.1 Å². The Balaban J connectivity index is 1.68. The van der Waals surface area contributed by atoms with E-state index in [1.54, 1.807) is 43.0 Å². The van der Waals surface area contributed by atoms with Crippen molar-refractivity contribution < 1.29 is 23.9 Å². The number of nitrogens with zero attached hydrogens (tertiary/aromatic N) is 1. The van der Waals surface area contributed by atoms with Crippen molar-refractivity contribution in [1.82, 2.24) is 0 Å². The van der Waals surface area contributed by atoms with E-state index in [9.17, 15) is 14.4 Å². The standard InChI is InChI=1S/C24H28N2O5/c1-5-13-30-22(28)17-7-6-8-18(15-17)25-21(27)11-12-26-19-14-16(2)9-10-20(19)31-24(3,4)23(26)29/h6-10,14-15H,5,11-13H2,1-4H3,(H,25,27). The molecule has 7 nitrogen and oxygen atoms in total. The van der Waals surface area contributed by atoms with E-state index in [1.807, 2.05) is 32.0 Å². The molecule has 2 aromatic carbocycles. The second-order valence-electron chi connectivity index (χ2n) is 8.06. The van der Waals surface area contributed by atoms with Gasteiger partial charge in [-0.1, -0.05) is 19.1 Å². The Morgan fingerprint density at radius 2 is 1.94 bits per heavy atom. The predicted molar refractivity (Wildman–Crippen MR) is 119 cm³/mol. The summed E-state index contributed by atoms with van der Waals surface area (Å²) in [4.78, 5) is 39.1. The highest BCUT2D eigenvalue weighted by Crippen LogP contribution is 2.38. The third-order valence-electron chi connectivity index (χ3n) is 4.91. The Morgan fingerprint density at radius 3 is 2.68 bits per heavy atom. The van der Waals surface area contributed by atoms with E-state index in [4.69, 9.17) is 9.47 Å². The zero-order valence-electron chi connectivity index (χ0n) is 18.4. The minimum Gasteiger partial charge on any atom is -0.476 e. The normalized spacial score (nSPS) is 14.5. The lowest BCUT2D eigenvalue weighted by Crippen LogP contribution is -2.53. The maximum absolute atomic E-state index is 12.9. The second-order valence-corrected chi connectivity index (χ2v) is 8.06. The number of rotatable bonds is 7. The molecule has 0 bridgehead atoms. The van der Waals surface area contributed by atoms with Gasteiger partial charge < -0.3 is 19.7 Å². The summed E-state index contributed by atoms with van der Waals surface area (Å²) in [5.74, 6) is -0.260. The Bertz CT molecular complexity index is 999. The molecule has 0 unspecified atom stereocenters. The molecule has 2 aromatic rings. The first kappa shape index (κ1) is 22.3. The van der Waals surface area contributed by atoms with Crippen molar-refractivity contribution in [3.63, 3.8) is 0 Å². The van der Waals surface area contributed by atoms with E-state index in [0.29, 0.717) is 29.3 Å². The summed E-state index contributed by atoms with van der Waals surface area (Å²) in [6, 6.07) is 12.3. The van der Waals surface area contributed by atoms with Crippen LogP contribution in [0.15, 0.2) is 42.5 Å². The number of esters is 1. The third-order valence-corrected chi connectivity index (χ3v) is 4.91. The maximum atomic E-state index is 12.9. The molecule has 1 N–H and O–H groups in total. The number of fused-ring (bicyclic) bond motifs is 1. The number of carbonyl (C=O) groups excluding carboxylic acids is 3. The molecule has 0 saturated carbocycles. The molecule has 31 heavy (non-hydrogen) atoms. The molecule has 0 atom stereocenters. The van der Waals surface area contributed by atoms with Crippen molar-refractivity contribution >= 4 is 29.2 Å². The van der Waals surface area contributed by atoms with E-state index in [1.165, 1.54) is 0 Å². The minimum atomic E-state index is -1.01. The van der Waals surface area contributed by atoms with Crippen LogP contribution < -0.4 is 15.0 Å². The van der Waals surface area contributed by atoms with Crippen LogP contribution in [-0.4, -0.2) is 36.5 Å². The maximum Gasteiger partial charge on any atom is 0.338 e. The predicted octanol–water partition coefficient (Wildman–Crippen LogP) is 4.09. The molecule has 0 radical (unpaired) electrons. The topological polar surface area (TPSA) is 84.9 Å². The summed E-state index contributed by atoms with van der Waals surface area (Å²) < 4.78 is 11.0. The number of carbonyl (C=O) groups is 3. The number of benzene rings is 2. The van der Waals surface area contributed by atoms with Gasteiger partial charge in [-0.05, 0) is 63.1 Å². The van der Waals surface area contributed by atoms with Crippen LogP contribution in [-0.2, 0) is 14.3 Å². The van der Waals surface area contributed by atoms with Gasteiger partial charge in [-0.25, -0.2) is 4.79 Å². The van der Waals surface area contributed by atoms with Gasteiger partial charge in [-0.3, -0.25) is 9.59 Å². The van der Waals surface area contributed by atoms with Crippen LogP contribution >= 0.6 is 0 Å². The summed E-state index contributed by atoms with van der Waals surface area (Å²) in [6.45, 7) is 7.85. The first-order valence-electron chi connectivity index (χ1n) is 10.4. The lowest BCUT2D eigenvalue weighted by atomic mass is 10.0. The van der Waals surface area contributed by atoms with Gasteiger partial charge in [0.1, 0.15) is 5.75 Å². The van der Waals surface area contributed by atoms with E-state index in [2.05, 4.69) is 5.32 Å². The molecule has 0 saturated heterocycles. The molecular weight excluding hydrogens is 396 g/mol. The van der Waals surface area contributed by atoms with Crippen molar-refractivity contribution in [2.75, 3.05) is 23.4 Å². The average molecular weight is 424 g/mol. The van der Waals surface area contributed by atoms with Crippen molar-refractivity contribution in [3.05, 3.63) is 53.6 Å². The van der Waals surface area contributed by atoms with Crippen LogP contribution in [0.1, 0.15) is 49.5 Å². The van der Waals surface area contributed by atoms with E-state index in [0.717, 1.165) is 12.0 Å². The monoisotopic (exact) mass is 424 g/mol. The van der Waals surface area contributed by atoms with Gasteiger partial charge in [-0.2, -0.15) is 0 Å². The fourth-order valence-corrected chi connectivity index (χ4v) is 3.34. The lowest BCUT2D eigenvalue weighted by molar-refractivity contribution is -0.132. The van der Waals surface area contributed by atoms with Crippen molar-refractivity contribution in [3.8, 4) is 5.75 Å². The summed E-state index contributed by atoms with van der Waals surface area (Å²) >= 11 is 0. The molecule has 7 heteroatoms. The van der Waals surface area contributed by atoms with Gasteiger partial charge in [0.15, 0.2) is 5.60 Å². The van der Waals surface area contributed by atoms with Crippen LogP contribution in [0.2, 0.25) is 0 Å². The number of nitrogens with one attached hydrogen (secondary N) is 1. The largest absolute Gasteiger partial charge is 0.476 e. The average Bonchev–Trinajstić information content (AvgIpc) is 2.73. The molecule has 0 fully saturated rings. The SMILES string of the molecule is CCCOC(=O)c1cccc(NC(=O)CCN2C(=O)C(C)(C)Oc3ccc(C)cc32)c1. The Kier molecular flexibility index (Phi) is 6.63. The molecule has 164 valence electrons. The first-order valence-corrected chi connectivity index (χ1v) is 10.4. The van der Waals surface area contributed by atoms with Crippen LogP contribution in [0.25, 0.3) is 0 Å². The molecule has 2 amide bonds. The molecule has 1 aliphatic rings. The summed E-state index contributed by atoms with van der Waals surface area (Å²) in [5.41, 5.74) is 1.53. The quantitative estimate of drug-likeness (QED) is 0.677. The third kappa shape index (κ3) is 5.23. The summed E-state index contributed by atoms with van der Waals surface area (Å²) in [5, 5.41) is 2.79. The van der Waals surface area contributed by atoms with Crippen LogP contribution in [0, 0.1) is 6.92 Å². The summed E-state index contributed by atoms with van der Waals surface area (Å²) in [6.07, 6.45) is 0.835. The Morgan fingerprint density at radius 1 is 1.16 bits per heavy atom. The highest BCUT2D eigenvalue weighted by molar-refractivity contribution is 6.03. The minimum absolute atomic E-state index is 0.0969. The van der Waals surface area contributed by atoms with Gasteiger partial charge in [0.05, 0.1) is 17.9 Å².